The van der Waals surface area contributed by atoms with E-state index in [1.54, 1.807) is 0 Å². The lowest BCUT2D eigenvalue weighted by Crippen LogP contribution is -2.29. The summed E-state index contributed by atoms with van der Waals surface area (Å²) in [7, 11) is 2.21. The predicted octanol–water partition coefficient (Wildman–Crippen LogP) is 3.65. The summed E-state index contributed by atoms with van der Waals surface area (Å²) in [6.07, 6.45) is 10.9. The first-order valence-corrected chi connectivity index (χ1v) is 7.16. The topological polar surface area (TPSA) is 29.3 Å². The third kappa shape index (κ3) is 7.77. The van der Waals surface area contributed by atoms with Crippen LogP contribution in [0.25, 0.3) is 0 Å². The summed E-state index contributed by atoms with van der Waals surface area (Å²) in [4.78, 5) is 2.42. The van der Waals surface area contributed by atoms with Crippen molar-refractivity contribution in [3.8, 4) is 0 Å². The number of hydrogen-bond acceptors (Lipinski definition) is 2. The Labute approximate surface area is 109 Å². The number of hydrogen-bond donors (Lipinski definition) is 1. The summed E-state index contributed by atoms with van der Waals surface area (Å²) < 4.78 is 0. The van der Waals surface area contributed by atoms with Gasteiger partial charge < -0.3 is 10.6 Å². The lowest BCUT2D eigenvalue weighted by molar-refractivity contribution is 0.216. The molecular formula is C15H34N2. The normalized spacial score (nSPS) is 23.5. The number of likely N-dealkylation sites (tertiary alicyclic amines) is 1. The first kappa shape index (κ1) is 16.9. The van der Waals surface area contributed by atoms with Gasteiger partial charge in [-0.05, 0) is 51.7 Å². The van der Waals surface area contributed by atoms with Crippen LogP contribution in [0.3, 0.4) is 0 Å². The standard InChI is InChI=1S/C8H17N.C6H13N.CH4/c1-3-8-4-6-9(2)7-5-8;7-6-4-2-1-3-5-6;/h8H,3-7H2,1-2H3;6H,1-5,7H2;1H4. The van der Waals surface area contributed by atoms with Crippen LogP contribution in [0.15, 0.2) is 0 Å². The monoisotopic (exact) mass is 242 g/mol. The molecule has 2 heteroatoms. The van der Waals surface area contributed by atoms with Crippen molar-refractivity contribution >= 4 is 0 Å². The molecule has 0 spiro atoms. The molecule has 1 aliphatic carbocycles. The average molecular weight is 242 g/mol. The van der Waals surface area contributed by atoms with Gasteiger partial charge >= 0.3 is 0 Å². The van der Waals surface area contributed by atoms with Gasteiger partial charge in [-0.3, -0.25) is 0 Å². The van der Waals surface area contributed by atoms with Gasteiger partial charge in [-0.1, -0.05) is 40.0 Å². The van der Waals surface area contributed by atoms with E-state index >= 15 is 0 Å². The van der Waals surface area contributed by atoms with E-state index in [1.165, 1.54) is 64.5 Å². The van der Waals surface area contributed by atoms with E-state index in [1.807, 2.05) is 0 Å². The van der Waals surface area contributed by atoms with Crippen LogP contribution in [0.4, 0.5) is 0 Å². The summed E-state index contributed by atoms with van der Waals surface area (Å²) >= 11 is 0. The van der Waals surface area contributed by atoms with Crippen molar-refractivity contribution in [2.75, 3.05) is 20.1 Å². The van der Waals surface area contributed by atoms with Gasteiger partial charge in [-0.15, -0.1) is 0 Å². The van der Waals surface area contributed by atoms with Crippen molar-refractivity contribution in [2.45, 2.75) is 71.8 Å². The lowest BCUT2D eigenvalue weighted by Gasteiger charge is -2.27. The third-order valence-electron chi connectivity index (χ3n) is 4.07. The molecule has 104 valence electrons. The van der Waals surface area contributed by atoms with Crippen molar-refractivity contribution in [3.63, 3.8) is 0 Å². The van der Waals surface area contributed by atoms with Crippen molar-refractivity contribution in [1.29, 1.82) is 0 Å². The van der Waals surface area contributed by atoms with Gasteiger partial charge in [0.05, 0.1) is 0 Å². The molecule has 1 heterocycles. The fourth-order valence-corrected chi connectivity index (χ4v) is 2.60. The van der Waals surface area contributed by atoms with E-state index in [0.29, 0.717) is 6.04 Å². The highest BCUT2D eigenvalue weighted by molar-refractivity contribution is 4.68. The molecule has 2 rings (SSSR count). The first-order valence-electron chi connectivity index (χ1n) is 7.16. The van der Waals surface area contributed by atoms with Crippen LogP contribution in [-0.2, 0) is 0 Å². The van der Waals surface area contributed by atoms with E-state index < -0.39 is 0 Å². The Bertz CT molecular complexity index is 156. The van der Waals surface area contributed by atoms with E-state index in [9.17, 15) is 0 Å². The van der Waals surface area contributed by atoms with Gasteiger partial charge in [0.15, 0.2) is 0 Å². The van der Waals surface area contributed by atoms with Crippen LogP contribution in [0.1, 0.15) is 65.7 Å². The molecule has 1 saturated carbocycles. The van der Waals surface area contributed by atoms with Crippen LogP contribution < -0.4 is 5.73 Å². The molecule has 2 nitrogen and oxygen atoms in total. The minimum Gasteiger partial charge on any atom is -0.328 e. The summed E-state index contributed by atoms with van der Waals surface area (Å²) in [5.74, 6) is 1.03. The second-order valence-electron chi connectivity index (χ2n) is 5.55. The van der Waals surface area contributed by atoms with E-state index in [-0.39, 0.29) is 7.43 Å². The molecule has 0 bridgehead atoms. The minimum atomic E-state index is 0. The Morgan fingerprint density at radius 3 is 1.88 bits per heavy atom. The fourth-order valence-electron chi connectivity index (χ4n) is 2.60. The van der Waals surface area contributed by atoms with Crippen LogP contribution in [0, 0.1) is 5.92 Å². The Morgan fingerprint density at radius 2 is 1.53 bits per heavy atom. The van der Waals surface area contributed by atoms with Crippen molar-refractivity contribution in [3.05, 3.63) is 0 Å². The third-order valence-corrected chi connectivity index (χ3v) is 4.07. The maximum Gasteiger partial charge on any atom is 0.00388 e. The lowest BCUT2D eigenvalue weighted by atomic mass is 9.95. The second-order valence-corrected chi connectivity index (χ2v) is 5.55. The summed E-state index contributed by atoms with van der Waals surface area (Å²) in [5.41, 5.74) is 5.63. The molecule has 0 aromatic rings. The van der Waals surface area contributed by atoms with Gasteiger partial charge in [0, 0.05) is 6.04 Å². The smallest absolute Gasteiger partial charge is 0.00388 e. The maximum atomic E-state index is 5.63. The molecule has 2 fully saturated rings. The van der Waals surface area contributed by atoms with Crippen molar-refractivity contribution in [1.82, 2.24) is 4.90 Å². The van der Waals surface area contributed by atoms with Gasteiger partial charge in [-0.25, -0.2) is 0 Å². The van der Waals surface area contributed by atoms with Crippen LogP contribution in [0.5, 0.6) is 0 Å². The zero-order valence-electron chi connectivity index (χ0n) is 11.3. The highest BCUT2D eigenvalue weighted by Gasteiger charge is 2.13. The predicted molar refractivity (Wildman–Crippen MR) is 78.3 cm³/mol. The molecule has 2 N–H and O–H groups in total. The van der Waals surface area contributed by atoms with Crippen LogP contribution in [0.2, 0.25) is 0 Å². The summed E-state index contributed by atoms with van der Waals surface area (Å²) in [6, 6.07) is 0.536. The molecule has 0 atom stereocenters. The molecule has 1 saturated heterocycles. The number of rotatable bonds is 1. The van der Waals surface area contributed by atoms with Gasteiger partial charge in [0.25, 0.3) is 0 Å². The molecular weight excluding hydrogens is 208 g/mol. The maximum absolute atomic E-state index is 5.63. The largest absolute Gasteiger partial charge is 0.328 e. The molecule has 2 aliphatic rings. The molecule has 0 radical (unpaired) electrons. The van der Waals surface area contributed by atoms with Gasteiger partial charge in [-0.2, -0.15) is 0 Å². The van der Waals surface area contributed by atoms with Crippen LogP contribution in [-0.4, -0.2) is 31.1 Å². The van der Waals surface area contributed by atoms with E-state index in [0.717, 1.165) is 5.92 Å². The molecule has 1 aliphatic heterocycles. The summed E-state index contributed by atoms with van der Waals surface area (Å²) in [6.45, 7) is 4.94. The molecule has 0 amide bonds. The SMILES string of the molecule is C.CCC1CCN(C)CC1.NC1CCCCC1. The average Bonchev–Trinajstić information content (AvgIpc) is 2.32. The number of piperidine rings is 1. The second kappa shape index (κ2) is 9.90. The number of nitrogens with two attached hydrogens (primary N) is 1. The van der Waals surface area contributed by atoms with Crippen LogP contribution >= 0.6 is 0 Å². The summed E-state index contributed by atoms with van der Waals surface area (Å²) in [5, 5.41) is 0. The molecule has 17 heavy (non-hydrogen) atoms. The Balaban J connectivity index is 0.000000292. The van der Waals surface area contributed by atoms with E-state index in [2.05, 4.69) is 18.9 Å². The van der Waals surface area contributed by atoms with Crippen molar-refractivity contribution < 1.29 is 0 Å². The molecule has 0 unspecified atom stereocenters. The van der Waals surface area contributed by atoms with Gasteiger partial charge in [0.2, 0.25) is 0 Å². The highest BCUT2D eigenvalue weighted by atomic mass is 15.1. The number of nitrogens with zero attached hydrogens (tertiary/aromatic N) is 1. The first-order chi connectivity index (χ1) is 7.72. The van der Waals surface area contributed by atoms with Crippen molar-refractivity contribution in [2.24, 2.45) is 11.7 Å². The minimum absolute atomic E-state index is 0. The molecule has 0 aromatic heterocycles. The zero-order valence-corrected chi connectivity index (χ0v) is 11.3. The fraction of sp³-hybridized carbons (Fsp3) is 1.00. The Kier molecular flexibility index (Phi) is 9.85. The Hall–Kier alpha value is -0.0800. The zero-order chi connectivity index (χ0) is 11.8. The highest BCUT2D eigenvalue weighted by Crippen LogP contribution is 2.18. The van der Waals surface area contributed by atoms with Gasteiger partial charge in [0.1, 0.15) is 0 Å². The van der Waals surface area contributed by atoms with E-state index in [4.69, 9.17) is 5.73 Å². The Morgan fingerprint density at radius 1 is 1.00 bits per heavy atom. The molecule has 0 aromatic carbocycles. The quantitative estimate of drug-likeness (QED) is 0.760.